The van der Waals surface area contributed by atoms with Crippen molar-refractivity contribution < 1.29 is 0 Å². The van der Waals surface area contributed by atoms with E-state index in [0.717, 1.165) is 17.7 Å². The fourth-order valence-electron chi connectivity index (χ4n) is 2.47. The lowest BCUT2D eigenvalue weighted by Gasteiger charge is -2.24. The maximum atomic E-state index is 4.64. The standard InChI is InChI=1S/C18H30N2/c1-9-11-18(7,8)14(2)13-19-16-10-12-20(15(16)3)17(4,5)6/h10,12-13H,2,9,11H2,1,3-8H3. The number of hydrogen-bond acceptors (Lipinski definition) is 1. The molecule has 0 aliphatic rings. The molecule has 20 heavy (non-hydrogen) atoms. The fraction of sp³-hybridized carbons (Fsp3) is 0.611. The van der Waals surface area contributed by atoms with Gasteiger partial charge in [-0.25, -0.2) is 0 Å². The van der Waals surface area contributed by atoms with E-state index in [-0.39, 0.29) is 11.0 Å². The van der Waals surface area contributed by atoms with Crippen LogP contribution >= 0.6 is 0 Å². The Bertz CT molecular complexity index is 496. The summed E-state index contributed by atoms with van der Waals surface area (Å²) < 4.78 is 2.26. The SMILES string of the molecule is C=C(C=Nc1ccn(C(C)(C)C)c1C)C(C)(C)CCC. The molecule has 0 radical (unpaired) electrons. The highest BCUT2D eigenvalue weighted by Crippen LogP contribution is 2.31. The zero-order valence-corrected chi connectivity index (χ0v) is 14.2. The van der Waals surface area contributed by atoms with E-state index in [2.05, 4.69) is 76.9 Å². The summed E-state index contributed by atoms with van der Waals surface area (Å²) in [6.07, 6.45) is 6.35. The second-order valence-electron chi connectivity index (χ2n) is 7.24. The van der Waals surface area contributed by atoms with E-state index in [1.165, 1.54) is 12.1 Å². The second-order valence-corrected chi connectivity index (χ2v) is 7.24. The molecule has 1 aromatic rings. The van der Waals surface area contributed by atoms with Crippen molar-refractivity contribution in [1.29, 1.82) is 0 Å². The largest absolute Gasteiger partial charge is 0.344 e. The van der Waals surface area contributed by atoms with Crippen molar-refractivity contribution in [2.45, 2.75) is 66.8 Å². The summed E-state index contributed by atoms with van der Waals surface area (Å²) in [5.74, 6) is 0. The highest BCUT2D eigenvalue weighted by atomic mass is 15.1. The molecule has 0 fully saturated rings. The normalized spacial score (nSPS) is 13.2. The van der Waals surface area contributed by atoms with E-state index < -0.39 is 0 Å². The minimum absolute atomic E-state index is 0.0936. The number of hydrogen-bond donors (Lipinski definition) is 0. The average molecular weight is 274 g/mol. The van der Waals surface area contributed by atoms with Gasteiger partial charge < -0.3 is 4.57 Å². The number of rotatable bonds is 5. The highest BCUT2D eigenvalue weighted by Gasteiger charge is 2.20. The van der Waals surface area contributed by atoms with Gasteiger partial charge in [-0.2, -0.15) is 0 Å². The zero-order chi connectivity index (χ0) is 15.6. The van der Waals surface area contributed by atoms with E-state index in [9.17, 15) is 0 Å². The van der Waals surface area contributed by atoms with Crippen LogP contribution in [-0.4, -0.2) is 10.8 Å². The van der Waals surface area contributed by atoms with Gasteiger partial charge in [0.1, 0.15) is 0 Å². The molecule has 0 saturated carbocycles. The molecule has 112 valence electrons. The maximum Gasteiger partial charge on any atom is 0.0836 e. The predicted octanol–water partition coefficient (Wildman–Crippen LogP) is 5.64. The van der Waals surface area contributed by atoms with Crippen molar-refractivity contribution in [2.75, 3.05) is 0 Å². The molecule has 0 amide bonds. The quantitative estimate of drug-likeness (QED) is 0.619. The lowest BCUT2D eigenvalue weighted by Crippen LogP contribution is -2.21. The topological polar surface area (TPSA) is 17.3 Å². The van der Waals surface area contributed by atoms with Crippen LogP contribution in [0.5, 0.6) is 0 Å². The van der Waals surface area contributed by atoms with Crippen LogP contribution in [0.1, 0.15) is 60.1 Å². The van der Waals surface area contributed by atoms with E-state index >= 15 is 0 Å². The van der Waals surface area contributed by atoms with Crippen molar-refractivity contribution >= 4 is 11.9 Å². The van der Waals surface area contributed by atoms with Gasteiger partial charge in [0.25, 0.3) is 0 Å². The Balaban J connectivity index is 2.92. The maximum absolute atomic E-state index is 4.64. The molecule has 0 aliphatic carbocycles. The first-order valence-corrected chi connectivity index (χ1v) is 7.51. The molecule has 1 aromatic heterocycles. The van der Waals surface area contributed by atoms with E-state index in [0.29, 0.717) is 0 Å². The molecule has 0 aromatic carbocycles. The average Bonchev–Trinajstić information content (AvgIpc) is 2.67. The molecule has 0 bridgehead atoms. The van der Waals surface area contributed by atoms with Gasteiger partial charge in [0.2, 0.25) is 0 Å². The Morgan fingerprint density at radius 1 is 1.30 bits per heavy atom. The molecule has 0 atom stereocenters. The summed E-state index contributed by atoms with van der Waals surface area (Å²) in [5.41, 5.74) is 3.56. The van der Waals surface area contributed by atoms with Crippen molar-refractivity contribution in [3.8, 4) is 0 Å². The molecule has 0 spiro atoms. The van der Waals surface area contributed by atoms with Crippen LogP contribution in [0, 0.1) is 12.3 Å². The summed E-state index contributed by atoms with van der Waals surface area (Å²) in [4.78, 5) is 4.64. The van der Waals surface area contributed by atoms with Crippen molar-refractivity contribution in [2.24, 2.45) is 10.4 Å². The summed E-state index contributed by atoms with van der Waals surface area (Å²) in [5, 5.41) is 0. The lowest BCUT2D eigenvalue weighted by molar-refractivity contribution is 0.391. The predicted molar refractivity (Wildman–Crippen MR) is 90.1 cm³/mol. The van der Waals surface area contributed by atoms with Gasteiger partial charge >= 0.3 is 0 Å². The number of allylic oxidation sites excluding steroid dienone is 1. The van der Waals surface area contributed by atoms with Crippen LogP contribution < -0.4 is 0 Å². The van der Waals surface area contributed by atoms with Gasteiger partial charge in [-0.05, 0) is 51.2 Å². The van der Waals surface area contributed by atoms with Crippen LogP contribution in [0.3, 0.4) is 0 Å². The molecule has 2 nitrogen and oxygen atoms in total. The number of nitrogens with zero attached hydrogens (tertiary/aromatic N) is 2. The van der Waals surface area contributed by atoms with Gasteiger partial charge in [-0.1, -0.05) is 33.8 Å². The van der Waals surface area contributed by atoms with Crippen molar-refractivity contribution in [1.82, 2.24) is 4.57 Å². The molecule has 2 heteroatoms. The Hall–Kier alpha value is -1.31. The van der Waals surface area contributed by atoms with E-state index in [1.54, 1.807) is 0 Å². The Labute approximate surface area is 124 Å². The second kappa shape index (κ2) is 5.99. The Kier molecular flexibility index (Phi) is 5.01. The molecule has 0 N–H and O–H groups in total. The summed E-state index contributed by atoms with van der Waals surface area (Å²) >= 11 is 0. The molecule has 1 heterocycles. The summed E-state index contributed by atoms with van der Waals surface area (Å²) in [6.45, 7) is 19.6. The first-order chi connectivity index (χ1) is 9.09. The van der Waals surface area contributed by atoms with Gasteiger partial charge in [0, 0.05) is 23.6 Å². The highest BCUT2D eigenvalue weighted by molar-refractivity contribution is 5.82. The lowest BCUT2D eigenvalue weighted by atomic mass is 9.81. The Morgan fingerprint density at radius 2 is 1.90 bits per heavy atom. The zero-order valence-electron chi connectivity index (χ0n) is 14.2. The number of aliphatic imine (C=N–C) groups is 1. The van der Waals surface area contributed by atoms with Crippen molar-refractivity contribution in [3.63, 3.8) is 0 Å². The van der Waals surface area contributed by atoms with Crippen LogP contribution in [0.2, 0.25) is 0 Å². The van der Waals surface area contributed by atoms with Gasteiger partial charge in [-0.3, -0.25) is 4.99 Å². The first-order valence-electron chi connectivity index (χ1n) is 7.51. The van der Waals surface area contributed by atoms with Gasteiger partial charge in [-0.15, -0.1) is 0 Å². The van der Waals surface area contributed by atoms with Crippen LogP contribution in [-0.2, 0) is 5.54 Å². The molecule has 0 aliphatic heterocycles. The fourth-order valence-corrected chi connectivity index (χ4v) is 2.47. The molecule has 0 unspecified atom stereocenters. The molecular weight excluding hydrogens is 244 g/mol. The smallest absolute Gasteiger partial charge is 0.0836 e. The monoisotopic (exact) mass is 274 g/mol. The summed E-state index contributed by atoms with van der Waals surface area (Å²) in [6, 6.07) is 2.08. The molecule has 0 saturated heterocycles. The minimum atomic E-state index is 0.0936. The van der Waals surface area contributed by atoms with Gasteiger partial charge in [0.05, 0.1) is 5.69 Å². The first kappa shape index (κ1) is 16.7. The van der Waals surface area contributed by atoms with Crippen molar-refractivity contribution in [3.05, 3.63) is 30.1 Å². The Morgan fingerprint density at radius 3 is 2.35 bits per heavy atom. The van der Waals surface area contributed by atoms with Crippen LogP contribution in [0.15, 0.2) is 29.4 Å². The van der Waals surface area contributed by atoms with Crippen LogP contribution in [0.4, 0.5) is 5.69 Å². The van der Waals surface area contributed by atoms with Gasteiger partial charge in [0.15, 0.2) is 0 Å². The third kappa shape index (κ3) is 3.84. The summed E-state index contributed by atoms with van der Waals surface area (Å²) in [7, 11) is 0. The number of aromatic nitrogens is 1. The van der Waals surface area contributed by atoms with Crippen LogP contribution in [0.25, 0.3) is 0 Å². The van der Waals surface area contributed by atoms with E-state index in [1.807, 2.05) is 6.21 Å². The minimum Gasteiger partial charge on any atom is -0.344 e. The van der Waals surface area contributed by atoms with E-state index in [4.69, 9.17) is 0 Å². The third-order valence-corrected chi connectivity index (χ3v) is 3.94. The third-order valence-electron chi connectivity index (χ3n) is 3.94. The molecule has 1 rings (SSSR count). The molecular formula is C18H30N2.